The molecule has 1 aliphatic rings. The molecule has 1 heterocycles. The number of hydrogen-bond donors (Lipinski definition) is 1. The number of nitrogens with zero attached hydrogens (tertiary/aromatic N) is 1. The Bertz CT molecular complexity index is 557. The Balaban J connectivity index is 1.95. The third-order valence-electron chi connectivity index (χ3n) is 3.33. The third-order valence-corrected chi connectivity index (χ3v) is 5.35. The van der Waals surface area contributed by atoms with Gasteiger partial charge in [-0.15, -0.1) is 0 Å². The highest BCUT2D eigenvalue weighted by molar-refractivity contribution is 7.89. The molecule has 1 fully saturated rings. The standard InChI is InChI=1S/C13H19ClN2O3S/c1-11-12(14)3-2-4-13(11)20(17,18)15-5-6-16-7-9-19-10-8-16/h2-4,15H,5-10H2,1H3. The number of sulfonamides is 1. The van der Waals surface area contributed by atoms with E-state index in [2.05, 4.69) is 9.62 Å². The second-order valence-corrected chi connectivity index (χ2v) is 6.86. The van der Waals surface area contributed by atoms with Gasteiger partial charge in [0.2, 0.25) is 10.0 Å². The van der Waals surface area contributed by atoms with E-state index in [1.807, 2.05) is 0 Å². The lowest BCUT2D eigenvalue weighted by atomic mass is 10.2. The van der Waals surface area contributed by atoms with Gasteiger partial charge in [-0.2, -0.15) is 0 Å². The molecule has 0 radical (unpaired) electrons. The molecule has 7 heteroatoms. The van der Waals surface area contributed by atoms with Crippen LogP contribution >= 0.6 is 11.6 Å². The zero-order chi connectivity index (χ0) is 14.6. The minimum Gasteiger partial charge on any atom is -0.379 e. The number of halogens is 1. The van der Waals surface area contributed by atoms with Crippen LogP contribution in [-0.2, 0) is 14.8 Å². The van der Waals surface area contributed by atoms with Crippen molar-refractivity contribution >= 4 is 21.6 Å². The molecule has 0 amide bonds. The van der Waals surface area contributed by atoms with Gasteiger partial charge in [0.1, 0.15) is 0 Å². The van der Waals surface area contributed by atoms with Gasteiger partial charge in [0.05, 0.1) is 18.1 Å². The van der Waals surface area contributed by atoms with Crippen LogP contribution in [0.1, 0.15) is 5.56 Å². The lowest BCUT2D eigenvalue weighted by molar-refractivity contribution is 0.0390. The molecular formula is C13H19ClN2O3S. The van der Waals surface area contributed by atoms with Crippen molar-refractivity contribution in [3.8, 4) is 0 Å². The summed E-state index contributed by atoms with van der Waals surface area (Å²) in [7, 11) is -3.51. The van der Waals surface area contributed by atoms with Gasteiger partial charge in [-0.1, -0.05) is 17.7 Å². The first-order valence-electron chi connectivity index (χ1n) is 6.55. The van der Waals surface area contributed by atoms with Gasteiger partial charge in [-0.3, -0.25) is 4.90 Å². The smallest absolute Gasteiger partial charge is 0.240 e. The van der Waals surface area contributed by atoms with Crippen molar-refractivity contribution in [3.05, 3.63) is 28.8 Å². The number of nitrogens with one attached hydrogen (secondary N) is 1. The maximum Gasteiger partial charge on any atom is 0.240 e. The lowest BCUT2D eigenvalue weighted by Crippen LogP contribution is -2.41. The maximum absolute atomic E-state index is 12.2. The van der Waals surface area contributed by atoms with Crippen molar-refractivity contribution in [3.63, 3.8) is 0 Å². The maximum atomic E-state index is 12.2. The van der Waals surface area contributed by atoms with E-state index >= 15 is 0 Å². The van der Waals surface area contributed by atoms with E-state index < -0.39 is 10.0 Å². The molecule has 2 rings (SSSR count). The molecular weight excluding hydrogens is 300 g/mol. The minimum absolute atomic E-state index is 0.243. The largest absolute Gasteiger partial charge is 0.379 e. The van der Waals surface area contributed by atoms with Crippen LogP contribution in [0.15, 0.2) is 23.1 Å². The van der Waals surface area contributed by atoms with Crippen LogP contribution in [0.2, 0.25) is 5.02 Å². The van der Waals surface area contributed by atoms with E-state index in [9.17, 15) is 8.42 Å². The van der Waals surface area contributed by atoms with Gasteiger partial charge >= 0.3 is 0 Å². The summed E-state index contributed by atoms with van der Waals surface area (Å²) in [5.41, 5.74) is 0.577. The van der Waals surface area contributed by atoms with Crippen molar-refractivity contribution in [2.24, 2.45) is 0 Å². The van der Waals surface area contributed by atoms with Crippen molar-refractivity contribution in [1.29, 1.82) is 0 Å². The van der Waals surface area contributed by atoms with Gasteiger partial charge in [0.15, 0.2) is 0 Å². The first-order chi connectivity index (χ1) is 9.50. The zero-order valence-electron chi connectivity index (χ0n) is 11.4. The van der Waals surface area contributed by atoms with Crippen LogP contribution in [0.4, 0.5) is 0 Å². The van der Waals surface area contributed by atoms with Gasteiger partial charge in [-0.05, 0) is 24.6 Å². The molecule has 0 bridgehead atoms. The fourth-order valence-electron chi connectivity index (χ4n) is 2.12. The fraction of sp³-hybridized carbons (Fsp3) is 0.538. The predicted octanol–water partition coefficient (Wildman–Crippen LogP) is 1.26. The quantitative estimate of drug-likeness (QED) is 0.888. The topological polar surface area (TPSA) is 58.6 Å². The molecule has 0 aliphatic carbocycles. The Morgan fingerprint density at radius 2 is 2.05 bits per heavy atom. The molecule has 1 saturated heterocycles. The average Bonchev–Trinajstić information content (AvgIpc) is 2.42. The van der Waals surface area contributed by atoms with Crippen LogP contribution in [-0.4, -0.2) is 52.7 Å². The number of benzene rings is 1. The van der Waals surface area contributed by atoms with Crippen molar-refractivity contribution in [2.45, 2.75) is 11.8 Å². The molecule has 0 spiro atoms. The Morgan fingerprint density at radius 3 is 2.75 bits per heavy atom. The molecule has 0 unspecified atom stereocenters. The molecule has 1 N–H and O–H groups in total. The summed E-state index contributed by atoms with van der Waals surface area (Å²) in [6.45, 7) is 5.88. The van der Waals surface area contributed by atoms with E-state index in [0.29, 0.717) is 36.9 Å². The number of rotatable bonds is 5. The number of ether oxygens (including phenoxy) is 1. The summed E-state index contributed by atoms with van der Waals surface area (Å²) in [5, 5.41) is 0.459. The summed E-state index contributed by atoms with van der Waals surface area (Å²) in [6, 6.07) is 4.90. The summed E-state index contributed by atoms with van der Waals surface area (Å²) >= 11 is 5.96. The van der Waals surface area contributed by atoms with Crippen LogP contribution in [0.25, 0.3) is 0 Å². The lowest BCUT2D eigenvalue weighted by Gasteiger charge is -2.26. The SMILES string of the molecule is Cc1c(Cl)cccc1S(=O)(=O)NCCN1CCOCC1. The summed E-state index contributed by atoms with van der Waals surface area (Å²) in [4.78, 5) is 2.42. The molecule has 0 aromatic heterocycles. The average molecular weight is 319 g/mol. The number of hydrogen-bond acceptors (Lipinski definition) is 4. The molecule has 1 aliphatic heterocycles. The Morgan fingerprint density at radius 1 is 1.35 bits per heavy atom. The second-order valence-electron chi connectivity index (χ2n) is 4.71. The summed E-state index contributed by atoms with van der Waals surface area (Å²) in [6.07, 6.45) is 0. The van der Waals surface area contributed by atoms with E-state index in [1.165, 1.54) is 0 Å². The second kappa shape index (κ2) is 6.87. The highest BCUT2D eigenvalue weighted by atomic mass is 35.5. The van der Waals surface area contributed by atoms with Crippen molar-refractivity contribution in [2.75, 3.05) is 39.4 Å². The molecule has 5 nitrogen and oxygen atoms in total. The third kappa shape index (κ3) is 3.93. The van der Waals surface area contributed by atoms with E-state index in [-0.39, 0.29) is 4.90 Å². The fourth-order valence-corrected chi connectivity index (χ4v) is 3.64. The number of morpholine rings is 1. The van der Waals surface area contributed by atoms with Gasteiger partial charge < -0.3 is 4.74 Å². The molecule has 0 saturated carbocycles. The van der Waals surface area contributed by atoms with Gasteiger partial charge in [0.25, 0.3) is 0 Å². The molecule has 1 aromatic rings. The summed E-state index contributed by atoms with van der Waals surface area (Å²) in [5.74, 6) is 0. The normalized spacial score (nSPS) is 17.3. The van der Waals surface area contributed by atoms with Crippen molar-refractivity contribution in [1.82, 2.24) is 9.62 Å². The van der Waals surface area contributed by atoms with E-state index in [4.69, 9.17) is 16.3 Å². The summed E-state index contributed by atoms with van der Waals surface area (Å²) < 4.78 is 32.3. The minimum atomic E-state index is -3.51. The highest BCUT2D eigenvalue weighted by Gasteiger charge is 2.18. The van der Waals surface area contributed by atoms with E-state index in [0.717, 1.165) is 13.1 Å². The first-order valence-corrected chi connectivity index (χ1v) is 8.42. The van der Waals surface area contributed by atoms with Crippen LogP contribution < -0.4 is 4.72 Å². The monoisotopic (exact) mass is 318 g/mol. The highest BCUT2D eigenvalue weighted by Crippen LogP contribution is 2.22. The molecule has 0 atom stereocenters. The zero-order valence-corrected chi connectivity index (χ0v) is 13.0. The Kier molecular flexibility index (Phi) is 5.40. The molecule has 20 heavy (non-hydrogen) atoms. The Hall–Kier alpha value is -0.660. The first kappa shape index (κ1) is 15.7. The predicted molar refractivity (Wildman–Crippen MR) is 78.6 cm³/mol. The molecule has 112 valence electrons. The van der Waals surface area contributed by atoms with Gasteiger partial charge in [0, 0.05) is 31.2 Å². The van der Waals surface area contributed by atoms with Gasteiger partial charge in [-0.25, -0.2) is 13.1 Å². The Labute approximate surface area is 124 Å². The van der Waals surface area contributed by atoms with Crippen LogP contribution in [0, 0.1) is 6.92 Å². The van der Waals surface area contributed by atoms with Crippen molar-refractivity contribution < 1.29 is 13.2 Å². The van der Waals surface area contributed by atoms with Crippen LogP contribution in [0.5, 0.6) is 0 Å². The van der Waals surface area contributed by atoms with E-state index in [1.54, 1.807) is 25.1 Å². The molecule has 1 aromatic carbocycles. The van der Waals surface area contributed by atoms with Crippen LogP contribution in [0.3, 0.4) is 0 Å².